The van der Waals surface area contributed by atoms with E-state index in [1.807, 2.05) is 61.5 Å². The van der Waals surface area contributed by atoms with Crippen LogP contribution in [-0.2, 0) is 16.1 Å². The molecule has 0 N–H and O–H groups in total. The molecule has 4 rings (SSSR count). The lowest BCUT2D eigenvalue weighted by Gasteiger charge is -2.15. The Hall–Kier alpha value is -2.44. The van der Waals surface area contributed by atoms with E-state index in [9.17, 15) is 9.59 Å². The van der Waals surface area contributed by atoms with Crippen molar-refractivity contribution >= 4 is 51.4 Å². The minimum absolute atomic E-state index is 0.113. The molecule has 1 saturated heterocycles. The maximum absolute atomic E-state index is 13.1. The highest BCUT2D eigenvalue weighted by atomic mass is 32.2. The zero-order valence-corrected chi connectivity index (χ0v) is 16.5. The largest absolute Gasteiger partial charge is 0.308 e. The first-order valence-electron chi connectivity index (χ1n) is 8.85. The molecule has 27 heavy (non-hydrogen) atoms. The average Bonchev–Trinajstić information content (AvgIpc) is 3.11. The lowest BCUT2D eigenvalue weighted by Crippen LogP contribution is -2.29. The molecular weight excluding hydrogens is 376 g/mol. The van der Waals surface area contributed by atoms with Gasteiger partial charge < -0.3 is 4.90 Å². The zero-order valence-electron chi connectivity index (χ0n) is 14.8. The summed E-state index contributed by atoms with van der Waals surface area (Å²) in [5, 5.41) is 0. The topological polar surface area (TPSA) is 40.6 Å². The molecule has 0 aromatic heterocycles. The van der Waals surface area contributed by atoms with Gasteiger partial charge in [-0.15, -0.1) is 0 Å². The van der Waals surface area contributed by atoms with Gasteiger partial charge in [-0.05, 0) is 18.1 Å². The number of amides is 2. The van der Waals surface area contributed by atoms with Crippen molar-refractivity contribution in [3.8, 4) is 0 Å². The summed E-state index contributed by atoms with van der Waals surface area (Å²) in [5.41, 5.74) is 3.17. The number of hydrogen-bond acceptors (Lipinski definition) is 4. The van der Waals surface area contributed by atoms with E-state index in [-0.39, 0.29) is 11.8 Å². The minimum Gasteiger partial charge on any atom is -0.308 e. The molecule has 0 saturated carbocycles. The summed E-state index contributed by atoms with van der Waals surface area (Å²) < 4.78 is 0.491. The molecular formula is C21H18N2O2S2. The van der Waals surface area contributed by atoms with Crippen molar-refractivity contribution in [2.75, 3.05) is 11.4 Å². The van der Waals surface area contributed by atoms with Gasteiger partial charge in [-0.25, -0.2) is 0 Å². The quantitative estimate of drug-likeness (QED) is 0.575. The summed E-state index contributed by atoms with van der Waals surface area (Å²) in [7, 11) is 0. The Labute approximate surface area is 167 Å². The monoisotopic (exact) mass is 394 g/mol. The van der Waals surface area contributed by atoms with Gasteiger partial charge in [-0.1, -0.05) is 79.4 Å². The predicted molar refractivity (Wildman–Crippen MR) is 113 cm³/mol. The van der Waals surface area contributed by atoms with Crippen molar-refractivity contribution in [3.05, 3.63) is 70.6 Å². The number of hydrogen-bond donors (Lipinski definition) is 0. The van der Waals surface area contributed by atoms with Crippen LogP contribution in [0.1, 0.15) is 24.5 Å². The number of thiocarbonyl (C=S) groups is 1. The predicted octanol–water partition coefficient (Wildman–Crippen LogP) is 4.21. The number of carbonyl (C=O) groups excluding carboxylic acids is 2. The Balaban J connectivity index is 1.74. The summed E-state index contributed by atoms with van der Waals surface area (Å²) >= 11 is 6.68. The number of rotatable bonds is 4. The number of carbonyl (C=O) groups is 2. The molecule has 4 nitrogen and oxygen atoms in total. The first kappa shape index (κ1) is 17.9. The van der Waals surface area contributed by atoms with E-state index < -0.39 is 0 Å². The van der Waals surface area contributed by atoms with Crippen molar-refractivity contribution < 1.29 is 9.59 Å². The fourth-order valence-electron chi connectivity index (χ4n) is 3.40. The second-order valence-electron chi connectivity index (χ2n) is 6.42. The fourth-order valence-corrected chi connectivity index (χ4v) is 4.72. The summed E-state index contributed by atoms with van der Waals surface area (Å²) in [6.07, 6.45) is 0.850. The van der Waals surface area contributed by atoms with Crippen LogP contribution in [0.15, 0.2) is 59.5 Å². The maximum atomic E-state index is 13.1. The van der Waals surface area contributed by atoms with Gasteiger partial charge in [0.15, 0.2) is 0 Å². The summed E-state index contributed by atoms with van der Waals surface area (Å²) in [4.78, 5) is 30.0. The molecule has 2 aliphatic heterocycles. The molecule has 6 heteroatoms. The third-order valence-electron chi connectivity index (χ3n) is 4.63. The third-order valence-corrected chi connectivity index (χ3v) is 6.08. The number of thioether (sulfide) groups is 1. The van der Waals surface area contributed by atoms with Crippen molar-refractivity contribution in [1.29, 1.82) is 0 Å². The molecule has 2 heterocycles. The van der Waals surface area contributed by atoms with Crippen LogP contribution in [0.3, 0.4) is 0 Å². The van der Waals surface area contributed by atoms with Gasteiger partial charge in [0, 0.05) is 12.1 Å². The van der Waals surface area contributed by atoms with E-state index >= 15 is 0 Å². The van der Waals surface area contributed by atoms with Crippen molar-refractivity contribution in [1.82, 2.24) is 4.90 Å². The highest BCUT2D eigenvalue weighted by Gasteiger charge is 2.41. The van der Waals surface area contributed by atoms with E-state index in [1.54, 1.807) is 9.80 Å². The normalized spacial score (nSPS) is 19.2. The van der Waals surface area contributed by atoms with Gasteiger partial charge in [0.1, 0.15) is 4.32 Å². The third kappa shape index (κ3) is 3.09. The molecule has 0 radical (unpaired) electrons. The van der Waals surface area contributed by atoms with Crippen molar-refractivity contribution in [2.45, 2.75) is 19.9 Å². The van der Waals surface area contributed by atoms with Crippen molar-refractivity contribution in [3.63, 3.8) is 0 Å². The standard InChI is InChI=1S/C21H18N2O2S2/c1-2-12-22-16-11-7-6-10-15(16)17(19(22)24)18-20(25)23(21(26)27-18)13-14-8-4-3-5-9-14/h3-11H,2,12-13H2,1H3/b18-17+. The Kier molecular flexibility index (Phi) is 4.85. The molecule has 2 aromatic carbocycles. The first-order chi connectivity index (χ1) is 13.1. The van der Waals surface area contributed by atoms with Crippen LogP contribution in [0, 0.1) is 0 Å². The van der Waals surface area contributed by atoms with Gasteiger partial charge in [0.05, 0.1) is 22.7 Å². The Morgan fingerprint density at radius 2 is 1.63 bits per heavy atom. The van der Waals surface area contributed by atoms with Gasteiger partial charge >= 0.3 is 0 Å². The minimum atomic E-state index is -0.189. The number of fused-ring (bicyclic) bond motifs is 1. The lowest BCUT2D eigenvalue weighted by atomic mass is 10.1. The molecule has 2 amide bonds. The van der Waals surface area contributed by atoms with E-state index in [2.05, 4.69) is 0 Å². The smallest absolute Gasteiger partial charge is 0.267 e. The first-order valence-corrected chi connectivity index (χ1v) is 10.1. The molecule has 2 aromatic rings. The van der Waals surface area contributed by atoms with Crippen LogP contribution in [0.25, 0.3) is 5.57 Å². The fraction of sp³-hybridized carbons (Fsp3) is 0.190. The van der Waals surface area contributed by atoms with Gasteiger partial charge in [0.25, 0.3) is 11.8 Å². The summed E-state index contributed by atoms with van der Waals surface area (Å²) in [5.74, 6) is -0.302. The van der Waals surface area contributed by atoms with Crippen LogP contribution in [0.2, 0.25) is 0 Å². The second kappa shape index (κ2) is 7.29. The summed E-state index contributed by atoms with van der Waals surface area (Å²) in [6, 6.07) is 17.4. The number of anilines is 1. The van der Waals surface area contributed by atoms with Crippen LogP contribution in [-0.4, -0.2) is 27.6 Å². The zero-order chi connectivity index (χ0) is 19.0. The number of nitrogens with zero attached hydrogens (tertiary/aromatic N) is 2. The van der Waals surface area contributed by atoms with E-state index in [0.29, 0.717) is 27.9 Å². The van der Waals surface area contributed by atoms with Crippen LogP contribution >= 0.6 is 24.0 Å². The Morgan fingerprint density at radius 3 is 2.37 bits per heavy atom. The molecule has 2 aliphatic rings. The van der Waals surface area contributed by atoms with Gasteiger partial charge in [-0.2, -0.15) is 0 Å². The molecule has 1 fully saturated rings. The Morgan fingerprint density at radius 1 is 0.926 bits per heavy atom. The van der Waals surface area contributed by atoms with E-state index in [0.717, 1.165) is 23.2 Å². The van der Waals surface area contributed by atoms with Crippen LogP contribution < -0.4 is 4.90 Å². The molecule has 0 unspecified atom stereocenters. The maximum Gasteiger partial charge on any atom is 0.267 e. The Bertz CT molecular complexity index is 969. The second-order valence-corrected chi connectivity index (χ2v) is 8.07. The van der Waals surface area contributed by atoms with Crippen LogP contribution in [0.4, 0.5) is 5.69 Å². The van der Waals surface area contributed by atoms with Crippen LogP contribution in [0.5, 0.6) is 0 Å². The lowest BCUT2D eigenvalue weighted by molar-refractivity contribution is -0.122. The number of para-hydroxylation sites is 1. The van der Waals surface area contributed by atoms with E-state index in [1.165, 1.54) is 11.8 Å². The summed E-state index contributed by atoms with van der Waals surface area (Å²) in [6.45, 7) is 3.08. The molecule has 0 atom stereocenters. The van der Waals surface area contributed by atoms with Gasteiger partial charge in [-0.3, -0.25) is 14.5 Å². The number of benzene rings is 2. The average molecular weight is 395 g/mol. The van der Waals surface area contributed by atoms with Gasteiger partial charge in [0.2, 0.25) is 0 Å². The van der Waals surface area contributed by atoms with E-state index in [4.69, 9.17) is 12.2 Å². The molecule has 0 aliphatic carbocycles. The molecule has 0 bridgehead atoms. The SMILES string of the molecule is CCCN1C(=O)/C(=C2/SC(=S)N(Cc3ccccc3)C2=O)c2ccccc21. The molecule has 0 spiro atoms. The van der Waals surface area contributed by atoms with Crippen molar-refractivity contribution in [2.24, 2.45) is 0 Å². The molecule has 136 valence electrons. The highest BCUT2D eigenvalue weighted by molar-refractivity contribution is 8.26. The highest BCUT2D eigenvalue weighted by Crippen LogP contribution is 2.44.